The Morgan fingerprint density at radius 1 is 1.60 bits per heavy atom. The van der Waals surface area contributed by atoms with Crippen LogP contribution in [0.5, 0.6) is 0 Å². The molecule has 1 aromatic rings. The monoisotopic (exact) mass is 279 g/mol. The average Bonchev–Trinajstić information content (AvgIpc) is 2.91. The van der Waals surface area contributed by atoms with Crippen LogP contribution in [0.2, 0.25) is 0 Å². The van der Waals surface area contributed by atoms with Crippen LogP contribution in [0.25, 0.3) is 0 Å². The number of allylic oxidation sites excluding steroid dienone is 1. The molecule has 0 fully saturated rings. The number of ether oxygens (including phenoxy) is 1. The second-order valence-electron chi connectivity index (χ2n) is 4.03. The van der Waals surface area contributed by atoms with Gasteiger partial charge in [0.15, 0.2) is 6.04 Å². The summed E-state index contributed by atoms with van der Waals surface area (Å²) in [6.45, 7) is 3.37. The molecule has 8 heteroatoms. The molecule has 0 aliphatic carbocycles. The van der Waals surface area contributed by atoms with E-state index in [9.17, 15) is 14.5 Å². The molecular formula is C12H13N3O5. The third-order valence-corrected chi connectivity index (χ3v) is 2.82. The molecule has 1 aromatic heterocycles. The summed E-state index contributed by atoms with van der Waals surface area (Å²) in [4.78, 5) is 34.7. The van der Waals surface area contributed by atoms with Gasteiger partial charge < -0.3 is 14.5 Å². The van der Waals surface area contributed by atoms with Gasteiger partial charge in [-0.1, -0.05) is 0 Å². The molecule has 2 heterocycles. The highest BCUT2D eigenvalue weighted by molar-refractivity contribution is 5.94. The van der Waals surface area contributed by atoms with Gasteiger partial charge >= 0.3 is 12.0 Å². The molecule has 1 unspecified atom stereocenters. The number of esters is 1. The van der Waals surface area contributed by atoms with E-state index < -0.39 is 18.0 Å². The first-order valence-corrected chi connectivity index (χ1v) is 5.95. The summed E-state index contributed by atoms with van der Waals surface area (Å²) in [5.41, 5.74) is 0.413. The summed E-state index contributed by atoms with van der Waals surface area (Å²) in [5.74, 6) is -0.387. The van der Waals surface area contributed by atoms with Gasteiger partial charge in [-0.3, -0.25) is 0 Å². The second-order valence-corrected chi connectivity index (χ2v) is 4.03. The van der Waals surface area contributed by atoms with Gasteiger partial charge in [0.05, 0.1) is 23.7 Å². The topological polar surface area (TPSA) is 101 Å². The van der Waals surface area contributed by atoms with Crippen LogP contribution in [0.15, 0.2) is 39.4 Å². The molecule has 2 rings (SSSR count). The van der Waals surface area contributed by atoms with E-state index >= 15 is 0 Å². The molecular weight excluding hydrogens is 266 g/mol. The van der Waals surface area contributed by atoms with Gasteiger partial charge in [-0.25, -0.2) is 9.59 Å². The summed E-state index contributed by atoms with van der Waals surface area (Å²) in [5, 5.41) is 5.66. The molecule has 8 nitrogen and oxygen atoms in total. The van der Waals surface area contributed by atoms with Crippen molar-refractivity contribution in [1.82, 2.24) is 10.3 Å². The number of furan rings is 1. The predicted octanol–water partition coefficient (Wildman–Crippen LogP) is 1.86. The molecule has 0 bridgehead atoms. The fourth-order valence-electron chi connectivity index (χ4n) is 2.00. The number of hydrogen-bond donors (Lipinski definition) is 1. The summed E-state index contributed by atoms with van der Waals surface area (Å²) in [6, 6.07) is 1.37. The Morgan fingerprint density at radius 3 is 2.90 bits per heavy atom. The highest BCUT2D eigenvalue weighted by Crippen LogP contribution is 2.34. The maximum Gasteiger partial charge on any atom is 0.345 e. The van der Waals surface area contributed by atoms with E-state index in [1.165, 1.54) is 6.26 Å². The molecule has 0 radical (unpaired) electrons. The van der Waals surface area contributed by atoms with Crippen molar-refractivity contribution in [2.45, 2.75) is 19.9 Å². The standard InChI is InChI=1S/C12H13N3O5/c1-3-19-11(16)9-7(2)13-12(17)15(14-18)10(9)8-5-4-6-20-8/h4-6,10H,3H2,1-2H3,(H,13,17). The van der Waals surface area contributed by atoms with Crippen molar-refractivity contribution in [3.63, 3.8) is 0 Å². The van der Waals surface area contributed by atoms with Gasteiger partial charge in [-0.15, -0.1) is 4.91 Å². The molecule has 1 aliphatic heterocycles. The first-order valence-electron chi connectivity index (χ1n) is 5.95. The number of hydrogen-bond acceptors (Lipinski definition) is 6. The number of amides is 2. The van der Waals surface area contributed by atoms with Crippen LogP contribution in [-0.4, -0.2) is 23.6 Å². The normalized spacial score (nSPS) is 18.8. The Bertz CT molecular complexity index is 564. The first-order chi connectivity index (χ1) is 9.60. The van der Waals surface area contributed by atoms with Crippen molar-refractivity contribution in [2.75, 3.05) is 6.61 Å². The maximum atomic E-state index is 12.0. The highest BCUT2D eigenvalue weighted by Gasteiger charge is 2.41. The van der Waals surface area contributed by atoms with Crippen molar-refractivity contribution in [1.29, 1.82) is 0 Å². The zero-order valence-electron chi connectivity index (χ0n) is 11.0. The quantitative estimate of drug-likeness (QED) is 0.669. The lowest BCUT2D eigenvalue weighted by atomic mass is 10.0. The van der Waals surface area contributed by atoms with E-state index in [-0.39, 0.29) is 17.9 Å². The Labute approximate surface area is 114 Å². The lowest BCUT2D eigenvalue weighted by Crippen LogP contribution is -2.45. The summed E-state index contributed by atoms with van der Waals surface area (Å²) in [7, 11) is 0. The van der Waals surface area contributed by atoms with Crippen LogP contribution in [0.1, 0.15) is 25.6 Å². The zero-order valence-corrected chi connectivity index (χ0v) is 11.0. The van der Waals surface area contributed by atoms with E-state index in [0.717, 1.165) is 0 Å². The van der Waals surface area contributed by atoms with Gasteiger partial charge in [-0.2, -0.15) is 5.01 Å². The van der Waals surface area contributed by atoms with Crippen LogP contribution < -0.4 is 5.32 Å². The van der Waals surface area contributed by atoms with E-state index in [2.05, 4.69) is 10.6 Å². The number of carbonyl (C=O) groups excluding carboxylic acids is 2. The van der Waals surface area contributed by atoms with Crippen LogP contribution in [0.3, 0.4) is 0 Å². The Kier molecular flexibility index (Phi) is 3.83. The van der Waals surface area contributed by atoms with Gasteiger partial charge in [0.1, 0.15) is 5.76 Å². The molecule has 1 atom stereocenters. The molecule has 1 aliphatic rings. The molecule has 0 saturated carbocycles. The number of rotatable bonds is 4. The molecule has 106 valence electrons. The minimum atomic E-state index is -1.03. The van der Waals surface area contributed by atoms with Crippen molar-refractivity contribution in [2.24, 2.45) is 5.29 Å². The van der Waals surface area contributed by atoms with Crippen LogP contribution in [0, 0.1) is 4.91 Å². The minimum absolute atomic E-state index is 0.112. The Balaban J connectivity index is 2.52. The molecule has 0 aromatic carbocycles. The number of nitroso groups, excluding NO2 is 1. The predicted molar refractivity (Wildman–Crippen MR) is 66.9 cm³/mol. The van der Waals surface area contributed by atoms with Crippen LogP contribution >= 0.6 is 0 Å². The maximum absolute atomic E-state index is 12.0. The molecule has 1 N–H and O–H groups in total. The van der Waals surface area contributed by atoms with Gasteiger partial charge in [0.2, 0.25) is 0 Å². The average molecular weight is 279 g/mol. The SMILES string of the molecule is CCOC(=O)C1=C(C)NC(=O)N(N=O)C1c1ccco1. The van der Waals surface area contributed by atoms with Gasteiger partial charge in [0.25, 0.3) is 0 Å². The largest absolute Gasteiger partial charge is 0.467 e. The molecule has 0 saturated heterocycles. The third kappa shape index (κ3) is 2.27. The fourth-order valence-corrected chi connectivity index (χ4v) is 2.00. The van der Waals surface area contributed by atoms with Crippen molar-refractivity contribution in [3.05, 3.63) is 40.3 Å². The van der Waals surface area contributed by atoms with E-state index in [1.54, 1.807) is 26.0 Å². The summed E-state index contributed by atoms with van der Waals surface area (Å²) < 4.78 is 10.1. The Morgan fingerprint density at radius 2 is 2.35 bits per heavy atom. The smallest absolute Gasteiger partial charge is 0.345 e. The van der Waals surface area contributed by atoms with Crippen LogP contribution in [0.4, 0.5) is 4.79 Å². The zero-order chi connectivity index (χ0) is 14.7. The Hall–Kier alpha value is -2.64. The molecule has 2 amide bonds. The molecule has 0 spiro atoms. The summed E-state index contributed by atoms with van der Waals surface area (Å²) in [6.07, 6.45) is 1.38. The lowest BCUT2D eigenvalue weighted by molar-refractivity contribution is -0.139. The number of carbonyl (C=O) groups is 2. The highest BCUT2D eigenvalue weighted by atomic mass is 16.5. The number of nitrogens with zero attached hydrogens (tertiary/aromatic N) is 2. The van der Waals surface area contributed by atoms with Gasteiger partial charge in [-0.05, 0) is 26.0 Å². The van der Waals surface area contributed by atoms with Crippen LogP contribution in [-0.2, 0) is 9.53 Å². The van der Waals surface area contributed by atoms with Crippen molar-refractivity contribution in [3.8, 4) is 0 Å². The second kappa shape index (κ2) is 5.55. The lowest BCUT2D eigenvalue weighted by Gasteiger charge is -2.30. The van der Waals surface area contributed by atoms with Crippen molar-refractivity contribution >= 4 is 12.0 Å². The minimum Gasteiger partial charge on any atom is -0.467 e. The number of nitrogens with one attached hydrogen (secondary N) is 1. The van der Waals surface area contributed by atoms with E-state index in [4.69, 9.17) is 9.15 Å². The first kappa shape index (κ1) is 13.8. The van der Waals surface area contributed by atoms with E-state index in [1.807, 2.05) is 0 Å². The molecule has 20 heavy (non-hydrogen) atoms. The van der Waals surface area contributed by atoms with Gasteiger partial charge in [0, 0.05) is 5.70 Å². The van der Waals surface area contributed by atoms with E-state index in [0.29, 0.717) is 10.7 Å². The summed E-state index contributed by atoms with van der Waals surface area (Å²) >= 11 is 0. The fraction of sp³-hybridized carbons (Fsp3) is 0.333. The third-order valence-electron chi connectivity index (χ3n) is 2.82. The number of urea groups is 1. The van der Waals surface area contributed by atoms with Crippen molar-refractivity contribution < 1.29 is 18.7 Å².